The molecule has 0 aromatic heterocycles. The smallest absolute Gasteiger partial charge is 0.354 e. The molecule has 2 aliphatic carbocycles. The van der Waals surface area contributed by atoms with Gasteiger partial charge in [-0.15, -0.1) is 0 Å². The summed E-state index contributed by atoms with van der Waals surface area (Å²) in [5.41, 5.74) is 2.63. The van der Waals surface area contributed by atoms with Crippen LogP contribution in [0.3, 0.4) is 0 Å². The lowest BCUT2D eigenvalue weighted by Crippen LogP contribution is -2.35. The average molecular weight is 394 g/mol. The first-order valence-electron chi connectivity index (χ1n) is 9.88. The number of ether oxygens (including phenoxy) is 3. The second-order valence-electron chi connectivity index (χ2n) is 7.62. The number of esters is 1. The van der Waals surface area contributed by atoms with Crippen LogP contribution < -0.4 is 20.1 Å². The van der Waals surface area contributed by atoms with E-state index in [1.54, 1.807) is 13.0 Å². The van der Waals surface area contributed by atoms with Crippen LogP contribution in [0.1, 0.15) is 31.7 Å². The highest BCUT2D eigenvalue weighted by Crippen LogP contribution is 2.50. The van der Waals surface area contributed by atoms with Gasteiger partial charge in [0.15, 0.2) is 11.5 Å². The molecule has 2 N–H and O–H groups in total. The Kier molecular flexibility index (Phi) is 4.12. The monoisotopic (exact) mass is 394 g/mol. The van der Waals surface area contributed by atoms with E-state index in [0.717, 1.165) is 29.7 Å². The Labute approximate surface area is 168 Å². The molecule has 7 nitrogen and oxygen atoms in total. The molecule has 4 aliphatic rings. The molecule has 0 spiro atoms. The van der Waals surface area contributed by atoms with Crippen molar-refractivity contribution < 1.29 is 23.8 Å². The first-order chi connectivity index (χ1) is 14.1. The van der Waals surface area contributed by atoms with Gasteiger partial charge in [-0.25, -0.2) is 4.79 Å². The predicted molar refractivity (Wildman–Crippen MR) is 104 cm³/mol. The fourth-order valence-corrected chi connectivity index (χ4v) is 4.03. The Morgan fingerprint density at radius 1 is 1.24 bits per heavy atom. The Morgan fingerprint density at radius 3 is 2.86 bits per heavy atom. The highest BCUT2D eigenvalue weighted by atomic mass is 16.7. The molecule has 1 fully saturated rings. The fraction of sp³-hybridized carbons (Fsp3) is 0.364. The molecule has 29 heavy (non-hydrogen) atoms. The molecule has 2 aliphatic heterocycles. The van der Waals surface area contributed by atoms with Crippen molar-refractivity contribution in [2.45, 2.75) is 37.6 Å². The number of fused-ring (bicyclic) bond motifs is 2. The van der Waals surface area contributed by atoms with Gasteiger partial charge in [0, 0.05) is 5.70 Å². The number of carbonyl (C=O) groups excluding carboxylic acids is 2. The third kappa shape index (κ3) is 3.06. The van der Waals surface area contributed by atoms with Crippen molar-refractivity contribution in [3.05, 3.63) is 59.0 Å². The highest BCUT2D eigenvalue weighted by Gasteiger charge is 2.51. The van der Waals surface area contributed by atoms with Crippen LogP contribution in [0.4, 0.5) is 0 Å². The third-order valence-corrected chi connectivity index (χ3v) is 5.80. The van der Waals surface area contributed by atoms with Gasteiger partial charge in [-0.2, -0.15) is 0 Å². The van der Waals surface area contributed by atoms with Crippen molar-refractivity contribution in [2.24, 2.45) is 0 Å². The lowest BCUT2D eigenvalue weighted by Gasteiger charge is -2.21. The Hall–Kier alpha value is -3.22. The fourth-order valence-electron chi connectivity index (χ4n) is 4.03. The quantitative estimate of drug-likeness (QED) is 0.745. The van der Waals surface area contributed by atoms with Crippen molar-refractivity contribution in [3.63, 3.8) is 0 Å². The standard InChI is InChI=1S/C22H22N2O5/c1-2-27-20(25)17-10-13-9-15(4-5-16(13)24-17)23-21(26)22(7-8-22)14-3-6-18-19(11-14)29-12-28-18/h3-4,6,9-11,16,24H,2,5,7-8,12H2,1H3,(H,23,26). The molecule has 5 rings (SSSR count). The maximum atomic E-state index is 13.1. The van der Waals surface area contributed by atoms with Crippen molar-refractivity contribution in [1.82, 2.24) is 10.6 Å². The van der Waals surface area contributed by atoms with Crippen molar-refractivity contribution in [1.29, 1.82) is 0 Å². The summed E-state index contributed by atoms with van der Waals surface area (Å²) in [6.07, 6.45) is 8.00. The van der Waals surface area contributed by atoms with Crippen molar-refractivity contribution in [2.75, 3.05) is 13.4 Å². The normalized spacial score (nSPS) is 22.5. The highest BCUT2D eigenvalue weighted by molar-refractivity contribution is 5.93. The van der Waals surface area contributed by atoms with E-state index >= 15 is 0 Å². The molecule has 1 aromatic carbocycles. The van der Waals surface area contributed by atoms with E-state index < -0.39 is 5.41 Å². The molecule has 2 heterocycles. The molecule has 150 valence electrons. The minimum atomic E-state index is -0.517. The summed E-state index contributed by atoms with van der Waals surface area (Å²) >= 11 is 0. The van der Waals surface area contributed by atoms with Crippen LogP contribution in [0.5, 0.6) is 11.5 Å². The first kappa shape index (κ1) is 17.8. The Bertz CT molecular complexity index is 987. The number of benzene rings is 1. The summed E-state index contributed by atoms with van der Waals surface area (Å²) in [7, 11) is 0. The van der Waals surface area contributed by atoms with Crippen LogP contribution in [0.15, 0.2) is 53.4 Å². The summed E-state index contributed by atoms with van der Waals surface area (Å²) in [4.78, 5) is 25.0. The molecule has 1 aromatic rings. The van der Waals surface area contributed by atoms with Crippen LogP contribution in [0.25, 0.3) is 0 Å². The molecule has 0 bridgehead atoms. The van der Waals surface area contributed by atoms with Gasteiger partial charge >= 0.3 is 5.97 Å². The van der Waals surface area contributed by atoms with E-state index in [9.17, 15) is 9.59 Å². The zero-order chi connectivity index (χ0) is 20.0. The number of rotatable bonds is 5. The van der Waals surface area contributed by atoms with Gasteiger partial charge in [0.05, 0.1) is 18.1 Å². The second kappa shape index (κ2) is 6.69. The molecule has 1 amide bonds. The summed E-state index contributed by atoms with van der Waals surface area (Å²) in [6, 6.07) is 5.76. The Morgan fingerprint density at radius 2 is 2.07 bits per heavy atom. The minimum absolute atomic E-state index is 0.0153. The zero-order valence-electron chi connectivity index (χ0n) is 16.1. The van der Waals surface area contributed by atoms with Gasteiger partial charge in [0.1, 0.15) is 5.70 Å². The number of carbonyl (C=O) groups is 2. The molecule has 7 heteroatoms. The van der Waals surface area contributed by atoms with E-state index in [1.807, 2.05) is 30.4 Å². The summed E-state index contributed by atoms with van der Waals surface area (Å²) in [5.74, 6) is 1.04. The van der Waals surface area contributed by atoms with Gasteiger partial charge in [-0.3, -0.25) is 4.79 Å². The van der Waals surface area contributed by atoms with Crippen LogP contribution in [-0.4, -0.2) is 31.3 Å². The van der Waals surface area contributed by atoms with Gasteiger partial charge < -0.3 is 24.8 Å². The van der Waals surface area contributed by atoms with E-state index in [4.69, 9.17) is 14.2 Å². The molecule has 1 saturated carbocycles. The Balaban J connectivity index is 1.31. The van der Waals surface area contributed by atoms with Crippen molar-refractivity contribution >= 4 is 11.9 Å². The summed E-state index contributed by atoms with van der Waals surface area (Å²) in [5, 5.41) is 6.25. The molecular formula is C22H22N2O5. The van der Waals surface area contributed by atoms with E-state index in [2.05, 4.69) is 10.6 Å². The van der Waals surface area contributed by atoms with Crippen LogP contribution in [-0.2, 0) is 19.7 Å². The number of nitrogens with one attached hydrogen (secondary N) is 2. The third-order valence-electron chi connectivity index (χ3n) is 5.80. The lowest BCUT2D eigenvalue weighted by atomic mass is 9.93. The molecular weight excluding hydrogens is 372 g/mol. The number of hydrogen-bond acceptors (Lipinski definition) is 6. The van der Waals surface area contributed by atoms with Crippen molar-refractivity contribution in [3.8, 4) is 11.5 Å². The molecule has 0 radical (unpaired) electrons. The second-order valence-corrected chi connectivity index (χ2v) is 7.62. The summed E-state index contributed by atoms with van der Waals surface area (Å²) < 4.78 is 15.9. The minimum Gasteiger partial charge on any atom is -0.461 e. The van der Waals surface area contributed by atoms with Gasteiger partial charge in [-0.1, -0.05) is 12.1 Å². The number of amides is 1. The molecule has 1 atom stereocenters. The zero-order valence-corrected chi connectivity index (χ0v) is 16.1. The van der Waals surface area contributed by atoms with E-state index in [1.165, 1.54) is 0 Å². The SMILES string of the molecule is CCOC(=O)C1=CC2=CC(NC(=O)C3(c4ccc5c(c4)OCO5)CC3)=CCC2N1. The topological polar surface area (TPSA) is 85.9 Å². The molecule has 1 unspecified atom stereocenters. The van der Waals surface area contributed by atoms with E-state index in [0.29, 0.717) is 30.2 Å². The summed E-state index contributed by atoms with van der Waals surface area (Å²) in [6.45, 7) is 2.33. The van der Waals surface area contributed by atoms with Gasteiger partial charge in [0.2, 0.25) is 12.7 Å². The van der Waals surface area contributed by atoms with Gasteiger partial charge in [-0.05, 0) is 61.6 Å². The first-order valence-corrected chi connectivity index (χ1v) is 9.88. The number of allylic oxidation sites excluding steroid dienone is 1. The maximum Gasteiger partial charge on any atom is 0.354 e. The largest absolute Gasteiger partial charge is 0.461 e. The van der Waals surface area contributed by atoms with E-state index in [-0.39, 0.29) is 24.7 Å². The van der Waals surface area contributed by atoms with Crippen LogP contribution in [0.2, 0.25) is 0 Å². The van der Waals surface area contributed by atoms with Crippen LogP contribution in [0, 0.1) is 0 Å². The maximum absolute atomic E-state index is 13.1. The number of hydrogen-bond donors (Lipinski definition) is 2. The van der Waals surface area contributed by atoms with Gasteiger partial charge in [0.25, 0.3) is 0 Å². The lowest BCUT2D eigenvalue weighted by molar-refractivity contribution is -0.138. The predicted octanol–water partition coefficient (Wildman–Crippen LogP) is 2.20. The van der Waals surface area contributed by atoms with Crippen LogP contribution >= 0.6 is 0 Å². The average Bonchev–Trinajstić information content (AvgIpc) is 3.21. The molecule has 0 saturated heterocycles.